The first-order valence-electron chi connectivity index (χ1n) is 7.05. The third kappa shape index (κ3) is 3.53. The average molecular weight is 302 g/mol. The molecule has 2 nitrogen and oxygen atoms in total. The normalized spacial score (nSPS) is 11.7. The molecule has 0 saturated heterocycles. The van der Waals surface area contributed by atoms with E-state index in [0.29, 0.717) is 11.3 Å². The number of rotatable bonds is 3. The second kappa shape index (κ2) is 5.64. The summed E-state index contributed by atoms with van der Waals surface area (Å²) >= 11 is 0. The fourth-order valence-corrected chi connectivity index (χ4v) is 4.09. The van der Waals surface area contributed by atoms with Gasteiger partial charge in [-0.1, -0.05) is 35.9 Å². The molecule has 0 N–H and O–H groups in total. The van der Waals surface area contributed by atoms with Gasteiger partial charge < -0.3 is 0 Å². The van der Waals surface area contributed by atoms with Gasteiger partial charge in [-0.3, -0.25) is 0 Å². The van der Waals surface area contributed by atoms with Crippen LogP contribution in [0.1, 0.15) is 33.4 Å². The summed E-state index contributed by atoms with van der Waals surface area (Å²) in [7, 11) is -3.22. The lowest BCUT2D eigenvalue weighted by molar-refractivity contribution is 0.600. The Hall–Kier alpha value is -1.61. The van der Waals surface area contributed by atoms with E-state index in [4.69, 9.17) is 0 Å². The number of aryl methyl sites for hydroxylation is 4. The van der Waals surface area contributed by atoms with E-state index in [2.05, 4.69) is 32.0 Å². The molecule has 0 aromatic heterocycles. The van der Waals surface area contributed by atoms with E-state index >= 15 is 0 Å². The van der Waals surface area contributed by atoms with Crippen molar-refractivity contribution in [3.8, 4) is 0 Å². The summed E-state index contributed by atoms with van der Waals surface area (Å²) in [5, 5.41) is 0. The molecule has 0 radical (unpaired) electrons. The Balaban J connectivity index is 2.55. The van der Waals surface area contributed by atoms with E-state index in [0.717, 1.165) is 22.3 Å². The van der Waals surface area contributed by atoms with Crippen LogP contribution in [0.15, 0.2) is 35.2 Å². The van der Waals surface area contributed by atoms with Gasteiger partial charge in [0.05, 0.1) is 4.90 Å². The van der Waals surface area contributed by atoms with Gasteiger partial charge in [-0.2, -0.15) is 0 Å². The lowest BCUT2D eigenvalue weighted by Gasteiger charge is -2.13. The summed E-state index contributed by atoms with van der Waals surface area (Å²) in [6.45, 7) is 8.03. The quantitative estimate of drug-likeness (QED) is 0.861. The van der Waals surface area contributed by atoms with Crippen molar-refractivity contribution in [1.29, 1.82) is 0 Å². The van der Waals surface area contributed by atoms with E-state index in [9.17, 15) is 8.42 Å². The van der Waals surface area contributed by atoms with E-state index in [1.807, 2.05) is 26.0 Å². The SMILES string of the molecule is Cc1cc(C)c(S(C)(=O)=O)c(Cc2ccc(C)c(C)c2)c1. The van der Waals surface area contributed by atoms with Gasteiger partial charge in [0.1, 0.15) is 0 Å². The molecule has 0 amide bonds. The minimum absolute atomic E-state index is 0.478. The maximum Gasteiger partial charge on any atom is 0.176 e. The molecule has 0 aliphatic carbocycles. The van der Waals surface area contributed by atoms with Crippen molar-refractivity contribution < 1.29 is 8.42 Å². The van der Waals surface area contributed by atoms with Crippen molar-refractivity contribution in [1.82, 2.24) is 0 Å². The summed E-state index contributed by atoms with van der Waals surface area (Å²) in [6.07, 6.45) is 1.93. The number of sulfone groups is 1. The predicted molar refractivity (Wildman–Crippen MR) is 87.7 cm³/mol. The average Bonchev–Trinajstić information content (AvgIpc) is 2.31. The van der Waals surface area contributed by atoms with Gasteiger partial charge in [0.2, 0.25) is 0 Å². The zero-order valence-electron chi connectivity index (χ0n) is 13.3. The topological polar surface area (TPSA) is 34.1 Å². The van der Waals surface area contributed by atoms with Crippen LogP contribution in [-0.4, -0.2) is 14.7 Å². The Morgan fingerprint density at radius 3 is 2.10 bits per heavy atom. The maximum atomic E-state index is 12.1. The third-order valence-electron chi connectivity index (χ3n) is 3.83. The van der Waals surface area contributed by atoms with Crippen LogP contribution in [0.3, 0.4) is 0 Å². The minimum Gasteiger partial charge on any atom is -0.224 e. The molecule has 0 saturated carbocycles. The highest BCUT2D eigenvalue weighted by molar-refractivity contribution is 7.90. The molecular weight excluding hydrogens is 280 g/mol. The van der Waals surface area contributed by atoms with Gasteiger partial charge in [-0.25, -0.2) is 8.42 Å². The molecular formula is C18H22O2S. The van der Waals surface area contributed by atoms with Gasteiger partial charge in [0.15, 0.2) is 9.84 Å². The summed E-state index contributed by atoms with van der Waals surface area (Å²) < 4.78 is 24.2. The minimum atomic E-state index is -3.22. The Morgan fingerprint density at radius 1 is 0.857 bits per heavy atom. The van der Waals surface area contributed by atoms with E-state index in [1.165, 1.54) is 17.4 Å². The number of benzene rings is 2. The van der Waals surface area contributed by atoms with Crippen LogP contribution >= 0.6 is 0 Å². The molecule has 2 aromatic carbocycles. The molecule has 0 heterocycles. The first-order valence-corrected chi connectivity index (χ1v) is 8.94. The number of hydrogen-bond acceptors (Lipinski definition) is 2. The summed E-state index contributed by atoms with van der Waals surface area (Å²) in [5.74, 6) is 0. The summed E-state index contributed by atoms with van der Waals surface area (Å²) in [4.78, 5) is 0.478. The zero-order chi connectivity index (χ0) is 15.8. The molecule has 0 unspecified atom stereocenters. The largest absolute Gasteiger partial charge is 0.224 e. The van der Waals surface area contributed by atoms with Crippen LogP contribution in [0.5, 0.6) is 0 Å². The highest BCUT2D eigenvalue weighted by Crippen LogP contribution is 2.25. The molecule has 3 heteroatoms. The van der Waals surface area contributed by atoms with Gasteiger partial charge in [-0.15, -0.1) is 0 Å². The van der Waals surface area contributed by atoms with Gasteiger partial charge >= 0.3 is 0 Å². The Kier molecular flexibility index (Phi) is 4.24. The smallest absolute Gasteiger partial charge is 0.176 e. The second-order valence-electron chi connectivity index (χ2n) is 5.94. The van der Waals surface area contributed by atoms with Crippen LogP contribution in [0.25, 0.3) is 0 Å². The number of hydrogen-bond donors (Lipinski definition) is 0. The first-order chi connectivity index (χ1) is 9.68. The van der Waals surface area contributed by atoms with E-state index in [-0.39, 0.29) is 0 Å². The molecule has 0 fully saturated rings. The van der Waals surface area contributed by atoms with E-state index in [1.54, 1.807) is 0 Å². The first kappa shape index (κ1) is 15.8. The van der Waals surface area contributed by atoms with Crippen LogP contribution in [-0.2, 0) is 16.3 Å². The Labute approximate surface area is 127 Å². The van der Waals surface area contributed by atoms with E-state index < -0.39 is 9.84 Å². The molecule has 2 rings (SSSR count). The van der Waals surface area contributed by atoms with Crippen LogP contribution in [0.4, 0.5) is 0 Å². The van der Waals surface area contributed by atoms with Crippen molar-refractivity contribution in [2.24, 2.45) is 0 Å². The molecule has 2 aromatic rings. The van der Waals surface area contributed by atoms with Crippen molar-refractivity contribution in [3.63, 3.8) is 0 Å². The van der Waals surface area contributed by atoms with Crippen molar-refractivity contribution in [3.05, 3.63) is 63.7 Å². The Bertz CT molecular complexity index is 787. The third-order valence-corrected chi connectivity index (χ3v) is 5.16. The summed E-state index contributed by atoms with van der Waals surface area (Å²) in [6, 6.07) is 10.2. The van der Waals surface area contributed by atoms with Gasteiger partial charge in [-0.05, 0) is 61.9 Å². The van der Waals surface area contributed by atoms with Crippen LogP contribution < -0.4 is 0 Å². The fourth-order valence-electron chi connectivity index (χ4n) is 2.84. The lowest BCUT2D eigenvalue weighted by atomic mass is 9.98. The predicted octanol–water partition coefficient (Wildman–Crippen LogP) is 3.91. The molecule has 0 aliphatic heterocycles. The molecule has 0 aliphatic rings. The molecule has 0 atom stereocenters. The maximum absolute atomic E-state index is 12.1. The summed E-state index contributed by atoms with van der Waals surface area (Å²) in [5.41, 5.74) is 6.45. The Morgan fingerprint density at radius 2 is 1.52 bits per heavy atom. The zero-order valence-corrected chi connectivity index (χ0v) is 14.1. The standard InChI is InChI=1S/C18H22O2S/c1-12-8-15(4)18(21(5,19)20)17(9-12)11-16-7-6-13(2)14(3)10-16/h6-10H,11H2,1-5H3. The van der Waals surface area contributed by atoms with Crippen LogP contribution in [0, 0.1) is 27.7 Å². The highest BCUT2D eigenvalue weighted by atomic mass is 32.2. The monoisotopic (exact) mass is 302 g/mol. The van der Waals surface area contributed by atoms with Crippen molar-refractivity contribution in [2.45, 2.75) is 39.0 Å². The molecule has 0 bridgehead atoms. The van der Waals surface area contributed by atoms with Gasteiger partial charge in [0, 0.05) is 6.26 Å². The molecule has 0 spiro atoms. The van der Waals surface area contributed by atoms with Gasteiger partial charge in [0.25, 0.3) is 0 Å². The molecule has 21 heavy (non-hydrogen) atoms. The van der Waals surface area contributed by atoms with Crippen molar-refractivity contribution >= 4 is 9.84 Å². The fraction of sp³-hybridized carbons (Fsp3) is 0.333. The lowest BCUT2D eigenvalue weighted by Crippen LogP contribution is -2.06. The van der Waals surface area contributed by atoms with Crippen molar-refractivity contribution in [2.75, 3.05) is 6.26 Å². The van der Waals surface area contributed by atoms with Crippen LogP contribution in [0.2, 0.25) is 0 Å². The molecule has 112 valence electrons. The highest BCUT2D eigenvalue weighted by Gasteiger charge is 2.17. The second-order valence-corrected chi connectivity index (χ2v) is 7.89.